The van der Waals surface area contributed by atoms with Gasteiger partial charge in [-0.3, -0.25) is 14.2 Å². The van der Waals surface area contributed by atoms with Gasteiger partial charge in [0, 0.05) is 35.3 Å². The number of carbonyl (C=O) groups excluding carboxylic acids is 1. The summed E-state index contributed by atoms with van der Waals surface area (Å²) in [5.41, 5.74) is 0.850. The van der Waals surface area contributed by atoms with E-state index in [-0.39, 0.29) is 22.9 Å². The molecule has 2 aromatic rings. The molecule has 0 N–H and O–H groups in total. The maximum atomic E-state index is 13.4. The number of aryl methyl sites for hydroxylation is 2. The third-order valence-electron chi connectivity index (χ3n) is 5.96. The average Bonchev–Trinajstić information content (AvgIpc) is 3.40. The molecule has 6 heteroatoms. The van der Waals surface area contributed by atoms with Gasteiger partial charge in [0.2, 0.25) is 5.91 Å². The molecule has 2 fully saturated rings. The third kappa shape index (κ3) is 3.22. The standard InChI is InChI=1S/C21H29N3O2S/c1-12-13(2)27-18-16(12)19(25)24(17(22-18)14-6-7-14)15-8-10-23(11-9-15)20(26)21(3,4)5/h14-15H,6-11H2,1-5H3. The largest absolute Gasteiger partial charge is 0.342 e. The van der Waals surface area contributed by atoms with Crippen molar-refractivity contribution in [1.82, 2.24) is 14.5 Å². The van der Waals surface area contributed by atoms with Gasteiger partial charge < -0.3 is 4.90 Å². The van der Waals surface area contributed by atoms with E-state index >= 15 is 0 Å². The van der Waals surface area contributed by atoms with Gasteiger partial charge in [0.05, 0.1) is 5.39 Å². The summed E-state index contributed by atoms with van der Waals surface area (Å²) in [5, 5.41) is 0.801. The zero-order valence-corrected chi connectivity index (χ0v) is 17.8. The van der Waals surface area contributed by atoms with E-state index in [1.165, 1.54) is 4.88 Å². The normalized spacial score (nSPS) is 19.1. The molecule has 0 spiro atoms. The lowest BCUT2D eigenvalue weighted by Gasteiger charge is -2.36. The fourth-order valence-electron chi connectivity index (χ4n) is 4.11. The molecular weight excluding hydrogens is 358 g/mol. The van der Waals surface area contributed by atoms with Crippen LogP contribution >= 0.6 is 11.3 Å². The zero-order valence-electron chi connectivity index (χ0n) is 17.0. The van der Waals surface area contributed by atoms with E-state index in [2.05, 4.69) is 6.92 Å². The van der Waals surface area contributed by atoms with Crippen LogP contribution in [0.25, 0.3) is 10.2 Å². The maximum Gasteiger partial charge on any atom is 0.262 e. The van der Waals surface area contributed by atoms with E-state index in [1.54, 1.807) is 11.3 Å². The Morgan fingerprint density at radius 2 is 1.74 bits per heavy atom. The van der Waals surface area contributed by atoms with Crippen LogP contribution in [0.2, 0.25) is 0 Å². The minimum absolute atomic E-state index is 0.129. The molecule has 2 aromatic heterocycles. The number of piperidine rings is 1. The summed E-state index contributed by atoms with van der Waals surface area (Å²) >= 11 is 1.64. The third-order valence-corrected chi connectivity index (χ3v) is 7.06. The predicted octanol–water partition coefficient (Wildman–Crippen LogP) is 4.16. The van der Waals surface area contributed by atoms with Crippen molar-refractivity contribution in [2.75, 3.05) is 13.1 Å². The monoisotopic (exact) mass is 387 g/mol. The van der Waals surface area contributed by atoms with Gasteiger partial charge in [0.15, 0.2) is 0 Å². The number of likely N-dealkylation sites (tertiary alicyclic amines) is 1. The van der Waals surface area contributed by atoms with E-state index in [1.807, 2.05) is 37.2 Å². The minimum atomic E-state index is -0.353. The van der Waals surface area contributed by atoms with Crippen LogP contribution in [0, 0.1) is 19.3 Å². The van der Waals surface area contributed by atoms with E-state index in [9.17, 15) is 9.59 Å². The summed E-state index contributed by atoms with van der Waals surface area (Å²) < 4.78 is 2.00. The Kier molecular flexibility index (Phi) is 4.45. The first-order valence-electron chi connectivity index (χ1n) is 10.00. The van der Waals surface area contributed by atoms with Crippen molar-refractivity contribution in [3.05, 3.63) is 26.6 Å². The molecular formula is C21H29N3O2S. The molecule has 1 saturated heterocycles. The van der Waals surface area contributed by atoms with Crippen LogP contribution in [0.4, 0.5) is 0 Å². The highest BCUT2D eigenvalue weighted by Gasteiger charge is 2.35. The SMILES string of the molecule is Cc1sc2nc(C3CC3)n(C3CCN(C(=O)C(C)(C)C)CC3)c(=O)c2c1C. The quantitative estimate of drug-likeness (QED) is 0.777. The van der Waals surface area contributed by atoms with Crippen LogP contribution in [0.15, 0.2) is 4.79 Å². The van der Waals surface area contributed by atoms with Crippen molar-refractivity contribution < 1.29 is 4.79 Å². The number of carbonyl (C=O) groups is 1. The number of amides is 1. The number of rotatable bonds is 2. The minimum Gasteiger partial charge on any atom is -0.342 e. The molecule has 5 nitrogen and oxygen atoms in total. The number of hydrogen-bond acceptors (Lipinski definition) is 4. The lowest BCUT2D eigenvalue weighted by atomic mass is 9.93. The van der Waals surface area contributed by atoms with Gasteiger partial charge >= 0.3 is 0 Å². The molecule has 1 saturated carbocycles. The summed E-state index contributed by atoms with van der Waals surface area (Å²) in [7, 11) is 0. The Hall–Kier alpha value is -1.69. The number of nitrogens with zero attached hydrogens (tertiary/aromatic N) is 3. The molecule has 0 radical (unpaired) electrons. The average molecular weight is 388 g/mol. The van der Waals surface area contributed by atoms with Gasteiger partial charge in [-0.1, -0.05) is 20.8 Å². The second-order valence-corrected chi connectivity index (χ2v) is 10.4. The Morgan fingerprint density at radius 3 is 2.30 bits per heavy atom. The van der Waals surface area contributed by atoms with Crippen molar-refractivity contribution in [1.29, 1.82) is 0 Å². The number of thiophene rings is 1. The first kappa shape index (κ1) is 18.7. The van der Waals surface area contributed by atoms with Crippen molar-refractivity contribution in [2.45, 2.75) is 72.3 Å². The van der Waals surface area contributed by atoms with Crippen LogP contribution < -0.4 is 5.56 Å². The number of fused-ring (bicyclic) bond motifs is 1. The summed E-state index contributed by atoms with van der Waals surface area (Å²) in [6.45, 7) is 11.4. The van der Waals surface area contributed by atoms with E-state index < -0.39 is 0 Å². The topological polar surface area (TPSA) is 55.2 Å². The van der Waals surface area contributed by atoms with Crippen molar-refractivity contribution in [3.63, 3.8) is 0 Å². The molecule has 3 heterocycles. The highest BCUT2D eigenvalue weighted by molar-refractivity contribution is 7.18. The Balaban J connectivity index is 1.69. The second-order valence-electron chi connectivity index (χ2n) is 9.16. The Bertz CT molecular complexity index is 954. The Labute approximate surface area is 164 Å². The molecule has 2 aliphatic rings. The van der Waals surface area contributed by atoms with Gasteiger partial charge in [-0.2, -0.15) is 0 Å². The lowest BCUT2D eigenvalue weighted by Crippen LogP contribution is -2.45. The van der Waals surface area contributed by atoms with Crippen LogP contribution in [-0.4, -0.2) is 33.4 Å². The molecule has 1 amide bonds. The lowest BCUT2D eigenvalue weighted by molar-refractivity contribution is -0.140. The van der Waals surface area contributed by atoms with Gasteiger partial charge in [0.1, 0.15) is 10.7 Å². The molecule has 0 unspecified atom stereocenters. The fourth-order valence-corrected chi connectivity index (χ4v) is 5.13. The zero-order chi connectivity index (χ0) is 19.5. The summed E-state index contributed by atoms with van der Waals surface area (Å²) in [6.07, 6.45) is 3.92. The number of hydrogen-bond donors (Lipinski definition) is 0. The Morgan fingerprint density at radius 1 is 1.11 bits per heavy atom. The summed E-state index contributed by atoms with van der Waals surface area (Å²) in [4.78, 5) is 35.0. The van der Waals surface area contributed by atoms with Gasteiger partial charge in [-0.25, -0.2) is 4.98 Å². The van der Waals surface area contributed by atoms with Crippen LogP contribution in [0.3, 0.4) is 0 Å². The fraction of sp³-hybridized carbons (Fsp3) is 0.667. The van der Waals surface area contributed by atoms with E-state index in [4.69, 9.17) is 4.98 Å². The van der Waals surface area contributed by atoms with Crippen LogP contribution in [-0.2, 0) is 4.79 Å². The number of aromatic nitrogens is 2. The highest BCUT2D eigenvalue weighted by atomic mass is 32.1. The molecule has 1 aliphatic heterocycles. The van der Waals surface area contributed by atoms with E-state index in [0.717, 1.165) is 60.4 Å². The molecule has 0 bridgehead atoms. The molecule has 0 aromatic carbocycles. The van der Waals surface area contributed by atoms with Crippen LogP contribution in [0.1, 0.15) is 74.7 Å². The van der Waals surface area contributed by atoms with Crippen molar-refractivity contribution >= 4 is 27.5 Å². The van der Waals surface area contributed by atoms with Gasteiger partial charge in [-0.05, 0) is 45.1 Å². The van der Waals surface area contributed by atoms with Gasteiger partial charge in [0.25, 0.3) is 5.56 Å². The second kappa shape index (κ2) is 6.43. The molecule has 4 rings (SSSR count). The first-order valence-corrected chi connectivity index (χ1v) is 10.8. The van der Waals surface area contributed by atoms with Crippen molar-refractivity contribution in [2.24, 2.45) is 5.41 Å². The molecule has 1 aliphatic carbocycles. The van der Waals surface area contributed by atoms with E-state index in [0.29, 0.717) is 5.92 Å². The van der Waals surface area contributed by atoms with Crippen LogP contribution in [0.5, 0.6) is 0 Å². The summed E-state index contributed by atoms with van der Waals surface area (Å²) in [5.74, 6) is 1.61. The predicted molar refractivity (Wildman–Crippen MR) is 110 cm³/mol. The smallest absolute Gasteiger partial charge is 0.262 e. The van der Waals surface area contributed by atoms with Crippen molar-refractivity contribution in [3.8, 4) is 0 Å². The summed E-state index contributed by atoms with van der Waals surface area (Å²) in [6, 6.07) is 0.147. The van der Waals surface area contributed by atoms with Gasteiger partial charge in [-0.15, -0.1) is 11.3 Å². The highest BCUT2D eigenvalue weighted by Crippen LogP contribution is 2.41. The maximum absolute atomic E-state index is 13.4. The molecule has 27 heavy (non-hydrogen) atoms. The first-order chi connectivity index (χ1) is 12.7. The molecule has 0 atom stereocenters. The molecule has 146 valence electrons.